The fraction of sp³-hybridized carbons (Fsp3) is 0. The maximum Gasteiger partial charge on any atom is 0.274 e. The highest BCUT2D eigenvalue weighted by Crippen LogP contribution is 2.20. The second-order valence-electron chi connectivity index (χ2n) is 4.12. The largest absolute Gasteiger partial charge is 0.338 e. The molecule has 3 N–H and O–H groups in total. The van der Waals surface area contributed by atoms with Gasteiger partial charge in [0.1, 0.15) is 5.82 Å². The number of carbonyl (C=O) groups is 1. The van der Waals surface area contributed by atoms with Gasteiger partial charge in [-0.25, -0.2) is 10.5 Å². The molecule has 0 saturated heterocycles. The fourth-order valence-corrected chi connectivity index (χ4v) is 1.95. The molecule has 0 spiro atoms. The molecule has 1 amide bonds. The normalized spacial score (nSPS) is 10.6. The summed E-state index contributed by atoms with van der Waals surface area (Å²) in [5.41, 5.74) is 4.48. The molecule has 0 radical (unpaired) electrons. The number of imidazole rings is 1. The number of benzene rings is 2. The van der Waals surface area contributed by atoms with Crippen molar-refractivity contribution < 1.29 is 10.0 Å². The molecule has 0 bridgehead atoms. The third kappa shape index (κ3) is 2.07. The number of fused-ring (bicyclic) bond motifs is 1. The molecule has 0 atom stereocenters. The Kier molecular flexibility index (Phi) is 2.74. The first-order valence-electron chi connectivity index (χ1n) is 5.77. The summed E-state index contributed by atoms with van der Waals surface area (Å²) in [6, 6.07) is 14.7. The molecule has 3 aromatic rings. The number of aromatic amines is 1. The Balaban J connectivity index is 2.09. The van der Waals surface area contributed by atoms with Crippen molar-refractivity contribution >= 4 is 16.9 Å². The topological polar surface area (TPSA) is 78.0 Å². The Hall–Kier alpha value is -2.66. The number of rotatable bonds is 2. The van der Waals surface area contributed by atoms with Gasteiger partial charge in [-0.1, -0.05) is 30.3 Å². The van der Waals surface area contributed by atoms with Crippen molar-refractivity contribution in [2.75, 3.05) is 0 Å². The standard InChI is InChI=1S/C14H11N3O2/c18-14(17-19)10-6-7-11-12(8-10)16-13(15-11)9-4-2-1-3-5-9/h1-8,19H,(H,15,16)(H,17,18). The lowest BCUT2D eigenvalue weighted by molar-refractivity contribution is 0.0706. The Morgan fingerprint density at radius 3 is 2.68 bits per heavy atom. The minimum atomic E-state index is -0.544. The van der Waals surface area contributed by atoms with Crippen molar-refractivity contribution in [3.05, 3.63) is 54.1 Å². The molecule has 1 heterocycles. The third-order valence-corrected chi connectivity index (χ3v) is 2.89. The molecule has 0 saturated carbocycles. The molecular weight excluding hydrogens is 242 g/mol. The van der Waals surface area contributed by atoms with Crippen molar-refractivity contribution in [3.63, 3.8) is 0 Å². The maximum atomic E-state index is 11.3. The van der Waals surface area contributed by atoms with Crippen LogP contribution >= 0.6 is 0 Å². The van der Waals surface area contributed by atoms with Gasteiger partial charge in [-0.2, -0.15) is 0 Å². The van der Waals surface area contributed by atoms with Crippen LogP contribution in [0, 0.1) is 0 Å². The van der Waals surface area contributed by atoms with Crippen molar-refractivity contribution in [3.8, 4) is 11.4 Å². The quantitative estimate of drug-likeness (QED) is 0.484. The van der Waals surface area contributed by atoms with E-state index in [2.05, 4.69) is 9.97 Å². The average molecular weight is 253 g/mol. The zero-order valence-electron chi connectivity index (χ0n) is 9.92. The summed E-state index contributed by atoms with van der Waals surface area (Å²) in [7, 11) is 0. The summed E-state index contributed by atoms with van der Waals surface area (Å²) in [5.74, 6) is 0.204. The van der Waals surface area contributed by atoms with Gasteiger partial charge in [-0.15, -0.1) is 0 Å². The van der Waals surface area contributed by atoms with Gasteiger partial charge in [0.05, 0.1) is 11.0 Å². The zero-order chi connectivity index (χ0) is 13.2. The van der Waals surface area contributed by atoms with Crippen LogP contribution in [0.25, 0.3) is 22.4 Å². The van der Waals surface area contributed by atoms with E-state index in [4.69, 9.17) is 5.21 Å². The van der Waals surface area contributed by atoms with E-state index in [0.29, 0.717) is 5.56 Å². The number of H-pyrrole nitrogens is 1. The van der Waals surface area contributed by atoms with Crippen LogP contribution in [0.5, 0.6) is 0 Å². The van der Waals surface area contributed by atoms with E-state index < -0.39 is 5.91 Å². The Morgan fingerprint density at radius 1 is 1.16 bits per heavy atom. The van der Waals surface area contributed by atoms with E-state index in [1.165, 1.54) is 0 Å². The van der Waals surface area contributed by atoms with Crippen molar-refractivity contribution in [1.29, 1.82) is 0 Å². The molecule has 0 aliphatic rings. The molecule has 0 aliphatic heterocycles. The van der Waals surface area contributed by atoms with E-state index in [1.54, 1.807) is 23.7 Å². The highest BCUT2D eigenvalue weighted by atomic mass is 16.5. The van der Waals surface area contributed by atoms with Crippen LogP contribution in [0.15, 0.2) is 48.5 Å². The minimum Gasteiger partial charge on any atom is -0.338 e. The maximum absolute atomic E-state index is 11.3. The first-order valence-corrected chi connectivity index (χ1v) is 5.77. The van der Waals surface area contributed by atoms with Gasteiger partial charge >= 0.3 is 0 Å². The zero-order valence-corrected chi connectivity index (χ0v) is 9.92. The number of nitrogens with zero attached hydrogens (tertiary/aromatic N) is 1. The lowest BCUT2D eigenvalue weighted by atomic mass is 10.2. The van der Waals surface area contributed by atoms with Crippen molar-refractivity contribution in [1.82, 2.24) is 15.4 Å². The molecule has 94 valence electrons. The van der Waals surface area contributed by atoms with Crippen LogP contribution in [0.3, 0.4) is 0 Å². The molecule has 0 aliphatic carbocycles. The Bertz CT molecular complexity index is 735. The van der Waals surface area contributed by atoms with Gasteiger partial charge in [0.25, 0.3) is 5.91 Å². The number of aromatic nitrogens is 2. The monoisotopic (exact) mass is 253 g/mol. The molecular formula is C14H11N3O2. The summed E-state index contributed by atoms with van der Waals surface area (Å²) >= 11 is 0. The highest BCUT2D eigenvalue weighted by Gasteiger charge is 2.08. The van der Waals surface area contributed by atoms with Crippen molar-refractivity contribution in [2.24, 2.45) is 0 Å². The molecule has 19 heavy (non-hydrogen) atoms. The average Bonchev–Trinajstić information content (AvgIpc) is 2.90. The van der Waals surface area contributed by atoms with Gasteiger partial charge in [0.15, 0.2) is 0 Å². The summed E-state index contributed by atoms with van der Waals surface area (Å²) in [6.07, 6.45) is 0. The summed E-state index contributed by atoms with van der Waals surface area (Å²) in [4.78, 5) is 19.0. The third-order valence-electron chi connectivity index (χ3n) is 2.89. The number of nitrogens with one attached hydrogen (secondary N) is 2. The lowest BCUT2D eigenvalue weighted by Gasteiger charge is -1.97. The van der Waals surface area contributed by atoms with Crippen LogP contribution in [-0.2, 0) is 0 Å². The fourth-order valence-electron chi connectivity index (χ4n) is 1.95. The summed E-state index contributed by atoms with van der Waals surface area (Å²) in [6.45, 7) is 0. The van der Waals surface area contributed by atoms with Crippen molar-refractivity contribution in [2.45, 2.75) is 0 Å². The SMILES string of the molecule is O=C(NO)c1ccc2nc(-c3ccccc3)[nH]c2c1. The number of hydrogen-bond donors (Lipinski definition) is 3. The van der Waals surface area contributed by atoms with Gasteiger partial charge in [0.2, 0.25) is 0 Å². The second kappa shape index (κ2) is 4.55. The molecule has 2 aromatic carbocycles. The Labute approximate surface area is 108 Å². The smallest absolute Gasteiger partial charge is 0.274 e. The first kappa shape index (κ1) is 11.4. The lowest BCUT2D eigenvalue weighted by Crippen LogP contribution is -2.18. The first-order chi connectivity index (χ1) is 9.28. The molecule has 1 aromatic heterocycles. The molecule has 0 fully saturated rings. The van der Waals surface area contributed by atoms with Gasteiger partial charge in [0, 0.05) is 11.1 Å². The van der Waals surface area contributed by atoms with Gasteiger partial charge < -0.3 is 4.98 Å². The molecule has 3 rings (SSSR count). The number of carbonyl (C=O) groups excluding carboxylic acids is 1. The molecule has 5 heteroatoms. The number of hydrogen-bond acceptors (Lipinski definition) is 3. The van der Waals surface area contributed by atoms with E-state index in [-0.39, 0.29) is 0 Å². The van der Waals surface area contributed by atoms with E-state index in [9.17, 15) is 4.79 Å². The van der Waals surface area contributed by atoms with Crippen LogP contribution in [0.4, 0.5) is 0 Å². The predicted molar refractivity (Wildman–Crippen MR) is 70.8 cm³/mol. The number of hydroxylamine groups is 1. The molecule has 0 unspecified atom stereocenters. The van der Waals surface area contributed by atoms with Crippen LogP contribution in [-0.4, -0.2) is 21.1 Å². The van der Waals surface area contributed by atoms with E-state index in [0.717, 1.165) is 22.4 Å². The minimum absolute atomic E-state index is 0.373. The van der Waals surface area contributed by atoms with E-state index in [1.807, 2.05) is 30.3 Å². The second-order valence-corrected chi connectivity index (χ2v) is 4.12. The Morgan fingerprint density at radius 2 is 1.95 bits per heavy atom. The van der Waals surface area contributed by atoms with Gasteiger partial charge in [-0.3, -0.25) is 10.0 Å². The van der Waals surface area contributed by atoms with E-state index >= 15 is 0 Å². The van der Waals surface area contributed by atoms with Crippen LogP contribution in [0.1, 0.15) is 10.4 Å². The highest BCUT2D eigenvalue weighted by molar-refractivity contribution is 5.97. The summed E-state index contributed by atoms with van der Waals surface area (Å²) < 4.78 is 0. The van der Waals surface area contributed by atoms with Crippen LogP contribution < -0.4 is 5.48 Å². The predicted octanol–water partition coefficient (Wildman–Crippen LogP) is 2.35. The van der Waals surface area contributed by atoms with Gasteiger partial charge in [-0.05, 0) is 18.2 Å². The summed E-state index contributed by atoms with van der Waals surface area (Å²) in [5, 5.41) is 8.62. The molecule has 5 nitrogen and oxygen atoms in total. The van der Waals surface area contributed by atoms with Crippen LogP contribution in [0.2, 0.25) is 0 Å². The number of amides is 1.